The van der Waals surface area contributed by atoms with Crippen LogP contribution in [-0.4, -0.2) is 43.0 Å². The molecule has 0 radical (unpaired) electrons. The van der Waals surface area contributed by atoms with Gasteiger partial charge in [-0.1, -0.05) is 18.2 Å². The number of amides is 2. The molecule has 2 aromatic heterocycles. The molecule has 2 aliphatic rings. The zero-order valence-electron chi connectivity index (χ0n) is 19.4. The largest absolute Gasteiger partial charge is 0.492 e. The maximum absolute atomic E-state index is 13.2. The van der Waals surface area contributed by atoms with E-state index in [0.29, 0.717) is 49.1 Å². The number of carbonyl (C=O) groups excluding carboxylic acids is 2. The number of rotatable bonds is 5. The van der Waals surface area contributed by atoms with Gasteiger partial charge in [0, 0.05) is 30.0 Å². The normalized spacial score (nSPS) is 21.4. The lowest BCUT2D eigenvalue weighted by molar-refractivity contribution is 0.0465. The lowest BCUT2D eigenvalue weighted by atomic mass is 9.67. The Labute approximate surface area is 198 Å². The van der Waals surface area contributed by atoms with Crippen molar-refractivity contribution in [3.8, 4) is 5.75 Å². The van der Waals surface area contributed by atoms with Crippen LogP contribution in [-0.2, 0) is 12.0 Å². The summed E-state index contributed by atoms with van der Waals surface area (Å²) >= 11 is 0. The third-order valence-electron chi connectivity index (χ3n) is 7.11. The van der Waals surface area contributed by atoms with Gasteiger partial charge < -0.3 is 29.5 Å². The van der Waals surface area contributed by atoms with Crippen molar-refractivity contribution in [2.75, 3.05) is 26.2 Å². The van der Waals surface area contributed by atoms with E-state index in [4.69, 9.17) is 19.3 Å². The van der Waals surface area contributed by atoms with Crippen LogP contribution < -0.4 is 15.8 Å². The van der Waals surface area contributed by atoms with E-state index in [2.05, 4.69) is 11.4 Å². The Morgan fingerprint density at radius 1 is 1.18 bits per heavy atom. The Hall–Kier alpha value is -3.52. The molecular weight excluding hydrogens is 434 g/mol. The van der Waals surface area contributed by atoms with Crippen molar-refractivity contribution < 1.29 is 23.2 Å². The smallest absolute Gasteiger partial charge is 0.289 e. The minimum Gasteiger partial charge on any atom is -0.492 e. The van der Waals surface area contributed by atoms with Gasteiger partial charge in [0.25, 0.3) is 11.8 Å². The number of nitrogens with zero attached hydrogens (tertiary/aromatic N) is 1. The van der Waals surface area contributed by atoms with Crippen molar-refractivity contribution >= 4 is 11.8 Å². The van der Waals surface area contributed by atoms with Crippen LogP contribution in [0.3, 0.4) is 0 Å². The van der Waals surface area contributed by atoms with Crippen LogP contribution in [0.15, 0.2) is 51.3 Å². The van der Waals surface area contributed by atoms with Gasteiger partial charge in [0.1, 0.15) is 23.0 Å². The van der Waals surface area contributed by atoms with Gasteiger partial charge in [-0.3, -0.25) is 9.59 Å². The van der Waals surface area contributed by atoms with E-state index in [1.165, 1.54) is 5.56 Å². The van der Waals surface area contributed by atoms with Gasteiger partial charge >= 0.3 is 0 Å². The number of hydrogen-bond donors (Lipinski definition) is 2. The summed E-state index contributed by atoms with van der Waals surface area (Å²) < 4.78 is 17.2. The Bertz CT molecular complexity index is 1230. The highest BCUT2D eigenvalue weighted by Crippen LogP contribution is 2.48. The number of furan rings is 2. The zero-order valence-corrected chi connectivity index (χ0v) is 19.4. The molecule has 8 heteroatoms. The predicted molar refractivity (Wildman–Crippen MR) is 125 cm³/mol. The number of nitrogens with two attached hydrogens (primary N) is 1. The highest BCUT2D eigenvalue weighted by Gasteiger charge is 2.49. The molecule has 5 rings (SSSR count). The van der Waals surface area contributed by atoms with Gasteiger partial charge in [-0.2, -0.15) is 0 Å². The molecule has 0 bridgehead atoms. The summed E-state index contributed by atoms with van der Waals surface area (Å²) in [6.07, 6.45) is 0.782. The van der Waals surface area contributed by atoms with E-state index in [1.54, 1.807) is 32.0 Å². The minimum absolute atomic E-state index is 0.0872. The standard InChI is InChI=1S/C26H29N3O5/c1-16-11-20(17(2)33-16)24(30)28-13-19-7-8-23(34-19)25(31)29-10-9-26(18(12-27)14-29)15-32-22-6-4-3-5-21(22)26/h3-8,11,18H,9-10,12-15,27H2,1-2H3,(H,28,30). The second-order valence-electron chi connectivity index (χ2n) is 9.15. The maximum Gasteiger partial charge on any atom is 0.289 e. The topological polar surface area (TPSA) is 111 Å². The molecule has 0 saturated carbocycles. The Kier molecular flexibility index (Phi) is 5.69. The van der Waals surface area contributed by atoms with Gasteiger partial charge in [-0.25, -0.2) is 0 Å². The average Bonchev–Trinajstić information content (AvgIpc) is 3.55. The number of hydrogen-bond acceptors (Lipinski definition) is 6. The molecule has 3 N–H and O–H groups in total. The predicted octanol–water partition coefficient (Wildman–Crippen LogP) is 3.17. The molecule has 2 unspecified atom stereocenters. The van der Waals surface area contributed by atoms with Gasteiger partial charge in [0.05, 0.1) is 18.7 Å². The summed E-state index contributed by atoms with van der Waals surface area (Å²) in [5.74, 6) is 2.61. The van der Waals surface area contributed by atoms with Crippen molar-refractivity contribution in [1.82, 2.24) is 10.2 Å². The first kappa shape index (κ1) is 22.3. The van der Waals surface area contributed by atoms with E-state index in [9.17, 15) is 9.59 Å². The molecule has 0 aliphatic carbocycles. The fourth-order valence-electron chi connectivity index (χ4n) is 5.25. The molecule has 1 fully saturated rings. The molecule has 8 nitrogen and oxygen atoms in total. The van der Waals surface area contributed by atoms with Crippen LogP contribution in [0, 0.1) is 19.8 Å². The van der Waals surface area contributed by atoms with Crippen LogP contribution in [0.2, 0.25) is 0 Å². The van der Waals surface area contributed by atoms with Crippen molar-refractivity contribution in [1.29, 1.82) is 0 Å². The van der Waals surface area contributed by atoms with Gasteiger partial charge in [0.2, 0.25) is 0 Å². The molecule has 3 aromatic rings. The molecule has 1 aromatic carbocycles. The summed E-state index contributed by atoms with van der Waals surface area (Å²) in [7, 11) is 0. The number of ether oxygens (including phenoxy) is 1. The quantitative estimate of drug-likeness (QED) is 0.601. The summed E-state index contributed by atoms with van der Waals surface area (Å²) in [6.45, 7) is 5.92. The number of aryl methyl sites for hydroxylation is 2. The summed E-state index contributed by atoms with van der Waals surface area (Å²) in [5, 5.41) is 2.81. The summed E-state index contributed by atoms with van der Waals surface area (Å²) in [6, 6.07) is 13.2. The average molecular weight is 464 g/mol. The minimum atomic E-state index is -0.246. The summed E-state index contributed by atoms with van der Waals surface area (Å²) in [4.78, 5) is 27.4. The van der Waals surface area contributed by atoms with E-state index >= 15 is 0 Å². The maximum atomic E-state index is 13.2. The lowest BCUT2D eigenvalue weighted by Crippen LogP contribution is -2.54. The second kappa shape index (κ2) is 8.68. The van der Waals surface area contributed by atoms with E-state index in [1.807, 2.05) is 23.1 Å². The van der Waals surface area contributed by atoms with Gasteiger partial charge in [-0.15, -0.1) is 0 Å². The first-order chi connectivity index (χ1) is 16.4. The van der Waals surface area contributed by atoms with Crippen LogP contribution in [0.1, 0.15) is 50.2 Å². The highest BCUT2D eigenvalue weighted by atomic mass is 16.5. The molecule has 4 heterocycles. The van der Waals surface area contributed by atoms with E-state index in [-0.39, 0.29) is 35.5 Å². The molecule has 178 valence electrons. The van der Waals surface area contributed by atoms with Crippen molar-refractivity contribution in [3.63, 3.8) is 0 Å². The third kappa shape index (κ3) is 3.77. The van der Waals surface area contributed by atoms with Crippen LogP contribution >= 0.6 is 0 Å². The number of likely N-dealkylation sites (tertiary alicyclic amines) is 1. The highest BCUT2D eigenvalue weighted by molar-refractivity contribution is 5.95. The van der Waals surface area contributed by atoms with Crippen LogP contribution in [0.25, 0.3) is 0 Å². The van der Waals surface area contributed by atoms with Crippen LogP contribution in [0.5, 0.6) is 5.75 Å². The monoisotopic (exact) mass is 463 g/mol. The van der Waals surface area contributed by atoms with E-state index in [0.717, 1.165) is 12.2 Å². The fraction of sp³-hybridized carbons (Fsp3) is 0.385. The lowest BCUT2D eigenvalue weighted by Gasteiger charge is -2.44. The Morgan fingerprint density at radius 3 is 2.76 bits per heavy atom. The number of carbonyl (C=O) groups is 2. The number of para-hydroxylation sites is 1. The molecule has 2 atom stereocenters. The molecule has 1 spiro atoms. The number of benzene rings is 1. The number of nitrogens with one attached hydrogen (secondary N) is 1. The van der Waals surface area contributed by atoms with Crippen LogP contribution in [0.4, 0.5) is 0 Å². The number of piperidine rings is 1. The second-order valence-corrected chi connectivity index (χ2v) is 9.15. The zero-order chi connectivity index (χ0) is 23.9. The van der Waals surface area contributed by atoms with Gasteiger partial charge in [-0.05, 0) is 51.1 Å². The Morgan fingerprint density at radius 2 is 2.00 bits per heavy atom. The molecule has 2 aliphatic heterocycles. The van der Waals surface area contributed by atoms with E-state index < -0.39 is 0 Å². The first-order valence-electron chi connectivity index (χ1n) is 11.6. The van der Waals surface area contributed by atoms with Crippen molar-refractivity contribution in [3.05, 3.63) is 76.6 Å². The third-order valence-corrected chi connectivity index (χ3v) is 7.11. The molecule has 1 saturated heterocycles. The number of fused-ring (bicyclic) bond motifs is 2. The fourth-order valence-corrected chi connectivity index (χ4v) is 5.25. The molecular formula is C26H29N3O5. The summed E-state index contributed by atoms with van der Waals surface area (Å²) in [5.41, 5.74) is 7.71. The Balaban J connectivity index is 1.24. The van der Waals surface area contributed by atoms with Crippen molar-refractivity contribution in [2.24, 2.45) is 11.7 Å². The first-order valence-corrected chi connectivity index (χ1v) is 11.6. The SMILES string of the molecule is Cc1cc(C(=O)NCc2ccc(C(=O)N3CCC4(COc5ccccc54)C(CN)C3)o2)c(C)o1. The van der Waals surface area contributed by atoms with Crippen molar-refractivity contribution in [2.45, 2.75) is 32.2 Å². The molecule has 2 amide bonds. The molecule has 34 heavy (non-hydrogen) atoms. The van der Waals surface area contributed by atoms with Gasteiger partial charge in [0.15, 0.2) is 5.76 Å².